The lowest BCUT2D eigenvalue weighted by Gasteiger charge is -2.29. The van der Waals surface area contributed by atoms with E-state index in [1.54, 1.807) is 24.3 Å². The molecule has 28 heavy (non-hydrogen) atoms. The van der Waals surface area contributed by atoms with Gasteiger partial charge in [0.2, 0.25) is 0 Å². The number of nitrogens with one attached hydrogen (secondary N) is 1. The third-order valence-corrected chi connectivity index (χ3v) is 6.06. The summed E-state index contributed by atoms with van der Waals surface area (Å²) in [4.78, 5) is 27.8. The van der Waals surface area contributed by atoms with E-state index in [4.69, 9.17) is 4.42 Å². The van der Waals surface area contributed by atoms with E-state index in [0.717, 1.165) is 16.5 Å². The van der Waals surface area contributed by atoms with Crippen LogP contribution in [0.4, 0.5) is 5.00 Å². The van der Waals surface area contributed by atoms with Crippen LogP contribution < -0.4 is 5.32 Å². The van der Waals surface area contributed by atoms with Crippen molar-refractivity contribution in [1.82, 2.24) is 4.90 Å². The van der Waals surface area contributed by atoms with Crippen LogP contribution in [-0.4, -0.2) is 23.3 Å². The number of benzene rings is 1. The number of anilines is 1. The van der Waals surface area contributed by atoms with E-state index in [0.29, 0.717) is 16.4 Å². The Kier molecular flexibility index (Phi) is 6.70. The fourth-order valence-electron chi connectivity index (χ4n) is 2.94. The lowest BCUT2D eigenvalue weighted by atomic mass is 10.1. The summed E-state index contributed by atoms with van der Waals surface area (Å²) < 4.78 is 6.08. The molecule has 146 valence electrons. The number of hydrogen-bond donors (Lipinski definition) is 1. The van der Waals surface area contributed by atoms with E-state index >= 15 is 0 Å². The third kappa shape index (κ3) is 4.54. The molecule has 7 heteroatoms. The normalized spacial score (nSPS) is 11.8. The summed E-state index contributed by atoms with van der Waals surface area (Å²) in [5.74, 6) is -0.150. The Morgan fingerprint density at radius 3 is 2.64 bits per heavy atom. The minimum absolute atomic E-state index is 0.0476. The molecular formula is C21H21BrN2O3S. The molecule has 0 aliphatic carbocycles. The lowest BCUT2D eigenvalue weighted by molar-refractivity contribution is 0.0695. The average molecular weight is 461 g/mol. The molecule has 0 saturated heterocycles. The number of hydrogen-bond acceptors (Lipinski definition) is 4. The van der Waals surface area contributed by atoms with Crippen molar-refractivity contribution < 1.29 is 14.0 Å². The van der Waals surface area contributed by atoms with Crippen molar-refractivity contribution in [2.24, 2.45) is 0 Å². The highest BCUT2D eigenvalue weighted by Crippen LogP contribution is 2.31. The Morgan fingerprint density at radius 1 is 1.18 bits per heavy atom. The summed E-state index contributed by atoms with van der Waals surface area (Å²) in [6.07, 6.45) is 2.30. The molecule has 0 spiro atoms. The maximum Gasteiger partial charge on any atom is 0.291 e. The van der Waals surface area contributed by atoms with Crippen LogP contribution in [-0.2, 0) is 0 Å². The molecule has 1 N–H and O–H groups in total. The first-order chi connectivity index (χ1) is 13.5. The van der Waals surface area contributed by atoms with Gasteiger partial charge >= 0.3 is 0 Å². The summed E-state index contributed by atoms with van der Waals surface area (Å²) in [7, 11) is 0. The molecule has 0 saturated carbocycles. The molecule has 0 unspecified atom stereocenters. The Morgan fingerprint density at radius 2 is 1.96 bits per heavy atom. The number of carbonyl (C=O) groups is 2. The highest BCUT2D eigenvalue weighted by atomic mass is 79.9. The zero-order chi connectivity index (χ0) is 20.1. The van der Waals surface area contributed by atoms with Crippen molar-refractivity contribution in [3.63, 3.8) is 0 Å². The summed E-state index contributed by atoms with van der Waals surface area (Å²) in [6, 6.07) is 14.6. The van der Waals surface area contributed by atoms with Crippen LogP contribution in [0.25, 0.3) is 0 Å². The molecular weight excluding hydrogens is 440 g/mol. The maximum absolute atomic E-state index is 13.2. The molecule has 2 aromatic heterocycles. The van der Waals surface area contributed by atoms with Gasteiger partial charge in [-0.15, -0.1) is 11.3 Å². The number of carbonyl (C=O) groups excluding carboxylic acids is 2. The van der Waals surface area contributed by atoms with Gasteiger partial charge in [0.05, 0.1) is 22.2 Å². The van der Waals surface area contributed by atoms with Crippen LogP contribution in [0.2, 0.25) is 0 Å². The molecule has 5 nitrogen and oxygen atoms in total. The smallest absolute Gasteiger partial charge is 0.291 e. The van der Waals surface area contributed by atoms with Gasteiger partial charge in [-0.1, -0.05) is 41.1 Å². The van der Waals surface area contributed by atoms with E-state index < -0.39 is 0 Å². The Balaban J connectivity index is 1.77. The molecule has 1 atom stereocenters. The standard InChI is InChI=1S/C21H21BrN2O3S/c1-3-12-24(14(2)15-7-4-5-8-16(15)22)21(26)18-10-11-19(28-18)23-20(25)17-9-6-13-27-17/h4-11,13-14H,3,12H2,1-2H3,(H,23,25)/t14-/m1/s1. The zero-order valence-electron chi connectivity index (χ0n) is 15.6. The van der Waals surface area contributed by atoms with Crippen LogP contribution in [0.15, 0.2) is 63.7 Å². The SMILES string of the molecule is CCCN(C(=O)c1ccc(NC(=O)c2ccco2)s1)[C@H](C)c1ccccc1Br. The number of amides is 2. The fourth-order valence-corrected chi connectivity index (χ4v) is 4.41. The van der Waals surface area contributed by atoms with Crippen molar-refractivity contribution in [3.8, 4) is 0 Å². The fraction of sp³-hybridized carbons (Fsp3) is 0.238. The molecule has 2 amide bonds. The second-order valence-corrected chi connectivity index (χ2v) is 8.23. The van der Waals surface area contributed by atoms with Gasteiger partial charge in [-0.2, -0.15) is 0 Å². The van der Waals surface area contributed by atoms with Crippen molar-refractivity contribution in [2.75, 3.05) is 11.9 Å². The van der Waals surface area contributed by atoms with E-state index in [1.165, 1.54) is 17.6 Å². The van der Waals surface area contributed by atoms with Crippen molar-refractivity contribution in [1.29, 1.82) is 0 Å². The lowest BCUT2D eigenvalue weighted by Crippen LogP contribution is -2.34. The third-order valence-electron chi connectivity index (χ3n) is 4.35. The van der Waals surface area contributed by atoms with Gasteiger partial charge in [-0.05, 0) is 49.2 Å². The summed E-state index contributed by atoms with van der Waals surface area (Å²) in [5.41, 5.74) is 1.06. The first-order valence-electron chi connectivity index (χ1n) is 9.01. The first kappa shape index (κ1) is 20.4. The van der Waals surface area contributed by atoms with Crippen LogP contribution in [0.3, 0.4) is 0 Å². The quantitative estimate of drug-likeness (QED) is 0.472. The average Bonchev–Trinajstić information content (AvgIpc) is 3.37. The van der Waals surface area contributed by atoms with E-state index in [1.807, 2.05) is 36.1 Å². The molecule has 0 aliphatic rings. The summed E-state index contributed by atoms with van der Waals surface area (Å²) in [5, 5.41) is 3.37. The predicted octanol–water partition coefficient (Wildman–Crippen LogP) is 5.97. The van der Waals surface area contributed by atoms with Gasteiger partial charge in [0, 0.05) is 11.0 Å². The van der Waals surface area contributed by atoms with Gasteiger partial charge in [0.25, 0.3) is 11.8 Å². The number of rotatable bonds is 7. The topological polar surface area (TPSA) is 62.6 Å². The number of halogens is 1. The van der Waals surface area contributed by atoms with Gasteiger partial charge < -0.3 is 14.6 Å². The highest BCUT2D eigenvalue weighted by Gasteiger charge is 2.25. The number of thiophene rings is 1. The van der Waals surface area contributed by atoms with Crippen LogP contribution in [0.5, 0.6) is 0 Å². The second-order valence-electron chi connectivity index (χ2n) is 6.29. The molecule has 0 aliphatic heterocycles. The van der Waals surface area contributed by atoms with Gasteiger partial charge in [-0.25, -0.2) is 0 Å². The van der Waals surface area contributed by atoms with Crippen LogP contribution >= 0.6 is 27.3 Å². The highest BCUT2D eigenvalue weighted by molar-refractivity contribution is 9.10. The van der Waals surface area contributed by atoms with E-state index in [9.17, 15) is 9.59 Å². The van der Waals surface area contributed by atoms with Crippen molar-refractivity contribution in [2.45, 2.75) is 26.3 Å². The van der Waals surface area contributed by atoms with E-state index in [-0.39, 0.29) is 23.6 Å². The van der Waals surface area contributed by atoms with E-state index in [2.05, 4.69) is 28.2 Å². The Labute approximate surface area is 176 Å². The Hall–Kier alpha value is -2.38. The van der Waals surface area contributed by atoms with Crippen LogP contribution in [0.1, 0.15) is 52.1 Å². The number of furan rings is 1. The largest absolute Gasteiger partial charge is 0.459 e. The monoisotopic (exact) mass is 460 g/mol. The van der Waals surface area contributed by atoms with Crippen molar-refractivity contribution >= 4 is 44.1 Å². The summed E-state index contributed by atoms with van der Waals surface area (Å²) >= 11 is 4.84. The van der Waals surface area contributed by atoms with Gasteiger partial charge in [0.1, 0.15) is 0 Å². The second kappa shape index (κ2) is 9.21. The zero-order valence-corrected chi connectivity index (χ0v) is 18.0. The molecule has 0 fully saturated rings. The molecule has 3 aromatic rings. The van der Waals surface area contributed by atoms with Crippen molar-refractivity contribution in [3.05, 3.63) is 75.5 Å². The molecule has 1 aromatic carbocycles. The van der Waals surface area contributed by atoms with Crippen LogP contribution in [0, 0.1) is 0 Å². The Bertz CT molecular complexity index is 952. The molecule has 3 rings (SSSR count). The summed E-state index contributed by atoms with van der Waals surface area (Å²) in [6.45, 7) is 4.73. The first-order valence-corrected chi connectivity index (χ1v) is 10.6. The molecule has 2 heterocycles. The minimum Gasteiger partial charge on any atom is -0.459 e. The molecule has 0 radical (unpaired) electrons. The predicted molar refractivity (Wildman–Crippen MR) is 115 cm³/mol. The minimum atomic E-state index is -0.335. The van der Waals surface area contributed by atoms with Gasteiger partial charge in [-0.3, -0.25) is 9.59 Å². The maximum atomic E-state index is 13.2. The molecule has 0 bridgehead atoms. The van der Waals surface area contributed by atoms with Gasteiger partial charge in [0.15, 0.2) is 5.76 Å². The number of nitrogens with zero attached hydrogens (tertiary/aromatic N) is 1.